The number of halogens is 1. The van der Waals surface area contributed by atoms with Crippen LogP contribution in [0.3, 0.4) is 0 Å². The van der Waals surface area contributed by atoms with Gasteiger partial charge in [-0.25, -0.2) is 4.98 Å². The third-order valence-electron chi connectivity index (χ3n) is 3.85. The molecule has 0 aliphatic carbocycles. The third kappa shape index (κ3) is 3.32. The smallest absolute Gasteiger partial charge is 0.180 e. The second-order valence-electron chi connectivity index (χ2n) is 5.24. The Bertz CT molecular complexity index is 570. The van der Waals surface area contributed by atoms with Gasteiger partial charge in [-0.2, -0.15) is 0 Å². The Morgan fingerprint density at radius 2 is 2.20 bits per heavy atom. The molecular formula is C15H20ClN3S. The first-order valence-corrected chi connectivity index (χ1v) is 7.52. The standard InChI is InChI=1S/C15H19N3S.ClH/c1-11-4-2-3-5-14(11)12-6-7-18(9-12)10-13-8-17-15(16)19-13;/h2-5,8,12H,6-7,9-10H2,1H3,(H2,16,17);1H. The average Bonchev–Trinajstić information content (AvgIpc) is 3.00. The van der Waals surface area contributed by atoms with Gasteiger partial charge in [0.05, 0.1) is 0 Å². The van der Waals surface area contributed by atoms with E-state index < -0.39 is 0 Å². The molecule has 3 rings (SSSR count). The summed E-state index contributed by atoms with van der Waals surface area (Å²) >= 11 is 1.60. The molecule has 0 amide bonds. The zero-order valence-corrected chi connectivity index (χ0v) is 13.2. The third-order valence-corrected chi connectivity index (χ3v) is 4.66. The molecule has 20 heavy (non-hydrogen) atoms. The summed E-state index contributed by atoms with van der Waals surface area (Å²) in [5.74, 6) is 0.673. The number of rotatable bonds is 3. The van der Waals surface area contributed by atoms with Crippen LogP contribution in [0.2, 0.25) is 0 Å². The Labute approximate surface area is 130 Å². The first kappa shape index (κ1) is 15.3. The van der Waals surface area contributed by atoms with Crippen LogP contribution in [0.25, 0.3) is 0 Å². The molecule has 0 radical (unpaired) electrons. The molecular weight excluding hydrogens is 290 g/mol. The average molecular weight is 310 g/mol. The predicted octanol–water partition coefficient (Wildman–Crippen LogP) is 3.45. The Morgan fingerprint density at radius 3 is 2.90 bits per heavy atom. The topological polar surface area (TPSA) is 42.2 Å². The molecule has 108 valence electrons. The number of aromatic nitrogens is 1. The molecule has 1 aromatic carbocycles. The van der Waals surface area contributed by atoms with E-state index >= 15 is 0 Å². The number of likely N-dealkylation sites (tertiary alicyclic amines) is 1. The van der Waals surface area contributed by atoms with Gasteiger partial charge in [0.25, 0.3) is 0 Å². The van der Waals surface area contributed by atoms with Crippen LogP contribution in [0, 0.1) is 6.92 Å². The van der Waals surface area contributed by atoms with E-state index in [1.807, 2.05) is 6.20 Å². The van der Waals surface area contributed by atoms with Gasteiger partial charge in [-0.1, -0.05) is 24.3 Å². The number of nitrogens with zero attached hydrogens (tertiary/aromatic N) is 2. The van der Waals surface area contributed by atoms with Crippen LogP contribution in [0.1, 0.15) is 28.3 Å². The maximum Gasteiger partial charge on any atom is 0.180 e. The summed E-state index contributed by atoms with van der Waals surface area (Å²) in [5.41, 5.74) is 8.60. The quantitative estimate of drug-likeness (QED) is 0.944. The van der Waals surface area contributed by atoms with Crippen molar-refractivity contribution in [2.24, 2.45) is 0 Å². The predicted molar refractivity (Wildman–Crippen MR) is 87.6 cm³/mol. The van der Waals surface area contributed by atoms with Gasteiger partial charge < -0.3 is 5.73 Å². The summed E-state index contributed by atoms with van der Waals surface area (Å²) in [6.45, 7) is 5.50. The van der Waals surface area contributed by atoms with Crippen LogP contribution in [0.4, 0.5) is 5.13 Å². The molecule has 2 N–H and O–H groups in total. The number of hydrogen-bond donors (Lipinski definition) is 1. The summed E-state index contributed by atoms with van der Waals surface area (Å²) in [7, 11) is 0. The number of benzene rings is 1. The molecule has 1 aromatic heterocycles. The van der Waals surface area contributed by atoms with Gasteiger partial charge in [0.15, 0.2) is 5.13 Å². The number of thiazole rings is 1. The van der Waals surface area contributed by atoms with Crippen LogP contribution >= 0.6 is 23.7 Å². The van der Waals surface area contributed by atoms with Crippen molar-refractivity contribution in [2.75, 3.05) is 18.8 Å². The van der Waals surface area contributed by atoms with Crippen molar-refractivity contribution in [1.82, 2.24) is 9.88 Å². The minimum absolute atomic E-state index is 0. The molecule has 0 bridgehead atoms. The van der Waals surface area contributed by atoms with Crippen LogP contribution in [0.15, 0.2) is 30.5 Å². The van der Waals surface area contributed by atoms with Crippen molar-refractivity contribution in [3.8, 4) is 0 Å². The van der Waals surface area contributed by atoms with Gasteiger partial charge in [0.2, 0.25) is 0 Å². The minimum Gasteiger partial charge on any atom is -0.375 e. The molecule has 1 fully saturated rings. The van der Waals surface area contributed by atoms with Crippen LogP contribution in [0.5, 0.6) is 0 Å². The van der Waals surface area contributed by atoms with Crippen molar-refractivity contribution in [3.05, 3.63) is 46.5 Å². The highest BCUT2D eigenvalue weighted by molar-refractivity contribution is 7.15. The molecule has 3 nitrogen and oxygen atoms in total. The zero-order valence-electron chi connectivity index (χ0n) is 11.6. The van der Waals surface area contributed by atoms with Crippen molar-refractivity contribution >= 4 is 28.9 Å². The molecule has 5 heteroatoms. The summed E-state index contributed by atoms with van der Waals surface area (Å²) in [6, 6.07) is 8.75. The first-order valence-electron chi connectivity index (χ1n) is 6.70. The molecule has 2 heterocycles. The van der Waals surface area contributed by atoms with Crippen LogP contribution < -0.4 is 5.73 Å². The highest BCUT2D eigenvalue weighted by Gasteiger charge is 2.25. The molecule has 1 aliphatic rings. The lowest BCUT2D eigenvalue weighted by Crippen LogP contribution is -2.19. The molecule has 0 saturated carbocycles. The van der Waals surface area contributed by atoms with Crippen LogP contribution in [-0.4, -0.2) is 23.0 Å². The fourth-order valence-corrected chi connectivity index (χ4v) is 3.62. The van der Waals surface area contributed by atoms with Crippen molar-refractivity contribution in [1.29, 1.82) is 0 Å². The Hall–Kier alpha value is -1.10. The lowest BCUT2D eigenvalue weighted by molar-refractivity contribution is 0.329. The van der Waals surface area contributed by atoms with E-state index in [1.165, 1.54) is 22.4 Å². The number of aryl methyl sites for hydroxylation is 1. The van der Waals surface area contributed by atoms with Crippen molar-refractivity contribution < 1.29 is 0 Å². The molecule has 0 spiro atoms. The zero-order chi connectivity index (χ0) is 13.2. The maximum atomic E-state index is 5.68. The molecule has 2 aromatic rings. The van der Waals surface area contributed by atoms with E-state index in [-0.39, 0.29) is 12.4 Å². The fourth-order valence-electron chi connectivity index (χ4n) is 2.89. The van der Waals surface area contributed by atoms with E-state index in [2.05, 4.69) is 41.1 Å². The van der Waals surface area contributed by atoms with Crippen LogP contribution in [-0.2, 0) is 6.54 Å². The van der Waals surface area contributed by atoms with Gasteiger partial charge in [-0.05, 0) is 36.9 Å². The maximum absolute atomic E-state index is 5.68. The highest BCUT2D eigenvalue weighted by Crippen LogP contribution is 2.30. The van der Waals surface area contributed by atoms with Gasteiger partial charge in [-0.15, -0.1) is 23.7 Å². The number of hydrogen-bond acceptors (Lipinski definition) is 4. The number of nitrogen functional groups attached to an aromatic ring is 1. The van der Waals surface area contributed by atoms with E-state index in [9.17, 15) is 0 Å². The van der Waals surface area contributed by atoms with Gasteiger partial charge in [-0.3, -0.25) is 4.90 Å². The second kappa shape index (κ2) is 6.57. The first-order chi connectivity index (χ1) is 9.22. The molecule has 1 saturated heterocycles. The normalized spacial score (nSPS) is 18.9. The van der Waals surface area contributed by atoms with Gasteiger partial charge >= 0.3 is 0 Å². The Morgan fingerprint density at radius 1 is 1.40 bits per heavy atom. The fraction of sp³-hybridized carbons (Fsp3) is 0.400. The number of anilines is 1. The Kier molecular flexibility index (Phi) is 5.02. The minimum atomic E-state index is 0. The highest BCUT2D eigenvalue weighted by atomic mass is 35.5. The van der Waals surface area contributed by atoms with Crippen molar-refractivity contribution in [3.63, 3.8) is 0 Å². The second-order valence-corrected chi connectivity index (χ2v) is 6.39. The van der Waals surface area contributed by atoms with Gasteiger partial charge in [0.1, 0.15) is 0 Å². The monoisotopic (exact) mass is 309 g/mol. The largest absolute Gasteiger partial charge is 0.375 e. The summed E-state index contributed by atoms with van der Waals surface area (Å²) in [6.07, 6.45) is 3.15. The number of nitrogens with two attached hydrogens (primary N) is 1. The van der Waals surface area contributed by atoms with E-state index in [4.69, 9.17) is 5.73 Å². The SMILES string of the molecule is Cc1ccccc1C1CCN(Cc2cnc(N)s2)C1.Cl. The van der Waals surface area contributed by atoms with E-state index in [1.54, 1.807) is 11.3 Å². The van der Waals surface area contributed by atoms with Gasteiger partial charge in [0, 0.05) is 24.2 Å². The molecule has 1 unspecified atom stereocenters. The summed E-state index contributed by atoms with van der Waals surface area (Å²) < 4.78 is 0. The van der Waals surface area contributed by atoms with E-state index in [0.717, 1.165) is 19.6 Å². The summed E-state index contributed by atoms with van der Waals surface area (Å²) in [5, 5.41) is 0.671. The van der Waals surface area contributed by atoms with E-state index in [0.29, 0.717) is 11.0 Å². The lowest BCUT2D eigenvalue weighted by atomic mass is 9.94. The lowest BCUT2D eigenvalue weighted by Gasteiger charge is -2.16. The molecule has 1 atom stereocenters. The van der Waals surface area contributed by atoms with Crippen molar-refractivity contribution in [2.45, 2.75) is 25.8 Å². The summed E-state index contributed by atoms with van der Waals surface area (Å²) in [4.78, 5) is 7.89. The molecule has 1 aliphatic heterocycles. The Balaban J connectivity index is 0.00000147.